The van der Waals surface area contributed by atoms with Crippen LogP contribution < -0.4 is 4.74 Å². The van der Waals surface area contributed by atoms with E-state index in [-0.39, 0.29) is 10.8 Å². The summed E-state index contributed by atoms with van der Waals surface area (Å²) >= 11 is 3.42. The molecule has 0 bridgehead atoms. The van der Waals surface area contributed by atoms with E-state index in [1.54, 1.807) is 44.3 Å². The van der Waals surface area contributed by atoms with Crippen LogP contribution in [0, 0.1) is 13.8 Å². The molecule has 0 amide bonds. The van der Waals surface area contributed by atoms with Gasteiger partial charge >= 0.3 is 0 Å². The molecule has 7 heteroatoms. The number of methoxy groups -OCH3 is 1. The lowest BCUT2D eigenvalue weighted by atomic mass is 10.2. The minimum absolute atomic E-state index is 0.266. The highest BCUT2D eigenvalue weighted by Crippen LogP contribution is 2.35. The summed E-state index contributed by atoms with van der Waals surface area (Å²) in [5.41, 5.74) is 1.72. The molecular formula is C16H15BrN2O3S. The molecule has 120 valence electrons. The number of halogens is 1. The van der Waals surface area contributed by atoms with E-state index in [1.807, 2.05) is 6.07 Å². The summed E-state index contributed by atoms with van der Waals surface area (Å²) in [5.74, 6) is 0.272. The Morgan fingerprint density at radius 2 is 1.91 bits per heavy atom. The molecule has 2 heterocycles. The van der Waals surface area contributed by atoms with Gasteiger partial charge in [-0.3, -0.25) is 0 Å². The maximum Gasteiger partial charge on any atom is 0.268 e. The quantitative estimate of drug-likeness (QED) is 0.679. The van der Waals surface area contributed by atoms with Crippen molar-refractivity contribution >= 4 is 36.9 Å². The molecule has 1 aromatic carbocycles. The zero-order chi connectivity index (χ0) is 16.8. The van der Waals surface area contributed by atoms with Crippen LogP contribution in [0.4, 0.5) is 0 Å². The number of pyridine rings is 1. The summed E-state index contributed by atoms with van der Waals surface area (Å²) in [7, 11) is -2.28. The molecule has 0 aliphatic rings. The summed E-state index contributed by atoms with van der Waals surface area (Å²) in [6, 6.07) is 8.71. The van der Waals surface area contributed by atoms with Gasteiger partial charge in [-0.05, 0) is 47.5 Å². The van der Waals surface area contributed by atoms with Crippen LogP contribution in [0.2, 0.25) is 0 Å². The van der Waals surface area contributed by atoms with E-state index in [1.165, 1.54) is 11.1 Å². The first-order chi connectivity index (χ1) is 10.9. The van der Waals surface area contributed by atoms with Crippen molar-refractivity contribution in [1.82, 2.24) is 8.96 Å². The van der Waals surface area contributed by atoms with Gasteiger partial charge in [0.15, 0.2) is 0 Å². The number of hydrogen-bond donors (Lipinski definition) is 0. The zero-order valence-electron chi connectivity index (χ0n) is 12.9. The first-order valence-corrected chi connectivity index (χ1v) is 9.13. The van der Waals surface area contributed by atoms with E-state index in [0.29, 0.717) is 16.8 Å². The van der Waals surface area contributed by atoms with Gasteiger partial charge in [0.1, 0.15) is 5.52 Å². The van der Waals surface area contributed by atoms with Crippen molar-refractivity contribution in [2.24, 2.45) is 0 Å². The van der Waals surface area contributed by atoms with Crippen LogP contribution in [0.25, 0.3) is 10.9 Å². The molecule has 23 heavy (non-hydrogen) atoms. The molecule has 0 radical (unpaired) electrons. The molecule has 0 atom stereocenters. The van der Waals surface area contributed by atoms with Crippen LogP contribution in [0.1, 0.15) is 11.3 Å². The van der Waals surface area contributed by atoms with Crippen LogP contribution in [-0.2, 0) is 10.0 Å². The fourth-order valence-corrected chi connectivity index (χ4v) is 4.83. The Hall–Kier alpha value is -1.86. The first kappa shape index (κ1) is 16.0. The molecule has 3 aromatic rings. The van der Waals surface area contributed by atoms with Crippen LogP contribution >= 0.6 is 15.9 Å². The molecule has 0 aliphatic carbocycles. The summed E-state index contributed by atoms with van der Waals surface area (Å²) < 4.78 is 33.7. The highest BCUT2D eigenvalue weighted by Gasteiger charge is 2.26. The van der Waals surface area contributed by atoms with Gasteiger partial charge in [0, 0.05) is 21.7 Å². The van der Waals surface area contributed by atoms with Gasteiger partial charge < -0.3 is 4.74 Å². The normalized spacial score (nSPS) is 11.8. The minimum Gasteiger partial charge on any atom is -0.479 e. The summed E-state index contributed by atoms with van der Waals surface area (Å²) in [4.78, 5) is 4.44. The summed E-state index contributed by atoms with van der Waals surface area (Å²) in [6.45, 7) is 3.53. The predicted molar refractivity (Wildman–Crippen MR) is 92.5 cm³/mol. The fourth-order valence-electron chi connectivity index (χ4n) is 2.66. The Bertz CT molecular complexity index is 1010. The Balaban J connectivity index is 2.43. The van der Waals surface area contributed by atoms with Crippen molar-refractivity contribution in [3.05, 3.63) is 52.3 Å². The van der Waals surface area contributed by atoms with Gasteiger partial charge in [0.25, 0.3) is 10.0 Å². The smallest absolute Gasteiger partial charge is 0.268 e. The highest BCUT2D eigenvalue weighted by molar-refractivity contribution is 9.10. The first-order valence-electron chi connectivity index (χ1n) is 6.89. The lowest BCUT2D eigenvalue weighted by Crippen LogP contribution is -2.16. The lowest BCUT2D eigenvalue weighted by Gasteiger charge is -2.13. The second-order valence-corrected chi connectivity index (χ2v) is 7.81. The number of hydrogen-bond acceptors (Lipinski definition) is 4. The van der Waals surface area contributed by atoms with Crippen LogP contribution in [-0.4, -0.2) is 24.5 Å². The largest absolute Gasteiger partial charge is 0.479 e. The SMILES string of the molecule is COc1ncc(Br)c2cc(C)n(S(=O)(=O)c3ccccc3C)c12. The Morgan fingerprint density at radius 3 is 2.57 bits per heavy atom. The van der Waals surface area contributed by atoms with E-state index in [0.717, 1.165) is 9.86 Å². The fraction of sp³-hybridized carbons (Fsp3) is 0.188. The van der Waals surface area contributed by atoms with Crippen molar-refractivity contribution in [3.63, 3.8) is 0 Å². The van der Waals surface area contributed by atoms with E-state index < -0.39 is 10.0 Å². The molecule has 0 aliphatic heterocycles. The Labute approximate surface area is 143 Å². The van der Waals surface area contributed by atoms with Gasteiger partial charge in [0.2, 0.25) is 5.88 Å². The van der Waals surface area contributed by atoms with E-state index in [4.69, 9.17) is 4.74 Å². The average Bonchev–Trinajstić information content (AvgIpc) is 2.87. The maximum atomic E-state index is 13.2. The number of benzene rings is 1. The standard InChI is InChI=1S/C16H15BrN2O3S/c1-10-6-4-5-7-14(10)23(20,21)19-11(2)8-12-13(17)9-18-16(22-3)15(12)19/h4-9H,1-3H3. The van der Waals surface area contributed by atoms with Crippen molar-refractivity contribution in [1.29, 1.82) is 0 Å². The van der Waals surface area contributed by atoms with Crippen molar-refractivity contribution in [3.8, 4) is 5.88 Å². The van der Waals surface area contributed by atoms with Gasteiger partial charge in [-0.1, -0.05) is 18.2 Å². The molecule has 0 saturated carbocycles. The molecule has 5 nitrogen and oxygen atoms in total. The monoisotopic (exact) mass is 394 g/mol. The molecule has 0 spiro atoms. The number of rotatable bonds is 3. The third kappa shape index (κ3) is 2.44. The van der Waals surface area contributed by atoms with Gasteiger partial charge in [-0.25, -0.2) is 17.4 Å². The number of fused-ring (bicyclic) bond motifs is 1. The second-order valence-electron chi connectivity index (χ2n) is 5.20. The summed E-state index contributed by atoms with van der Waals surface area (Å²) in [5, 5.41) is 0.742. The number of aryl methyl sites for hydroxylation is 2. The Morgan fingerprint density at radius 1 is 1.22 bits per heavy atom. The number of ether oxygens (including phenoxy) is 1. The van der Waals surface area contributed by atoms with E-state index >= 15 is 0 Å². The van der Waals surface area contributed by atoms with Gasteiger partial charge in [-0.15, -0.1) is 0 Å². The van der Waals surface area contributed by atoms with Crippen LogP contribution in [0.15, 0.2) is 45.9 Å². The van der Waals surface area contributed by atoms with E-state index in [9.17, 15) is 8.42 Å². The molecular weight excluding hydrogens is 380 g/mol. The number of aromatic nitrogens is 2. The molecule has 0 unspecified atom stereocenters. The third-order valence-electron chi connectivity index (χ3n) is 3.69. The van der Waals surface area contributed by atoms with Gasteiger partial charge in [0.05, 0.1) is 12.0 Å². The van der Waals surface area contributed by atoms with Gasteiger partial charge in [-0.2, -0.15) is 0 Å². The summed E-state index contributed by atoms with van der Waals surface area (Å²) in [6.07, 6.45) is 1.60. The van der Waals surface area contributed by atoms with Crippen LogP contribution in [0.3, 0.4) is 0 Å². The molecule has 3 rings (SSSR count). The second kappa shape index (κ2) is 5.65. The average molecular weight is 395 g/mol. The predicted octanol–water partition coefficient (Wildman–Crippen LogP) is 3.66. The van der Waals surface area contributed by atoms with Crippen molar-refractivity contribution in [2.45, 2.75) is 18.7 Å². The lowest BCUT2D eigenvalue weighted by molar-refractivity contribution is 0.402. The number of nitrogens with zero attached hydrogens (tertiary/aromatic N) is 2. The van der Waals surface area contributed by atoms with E-state index in [2.05, 4.69) is 20.9 Å². The zero-order valence-corrected chi connectivity index (χ0v) is 15.3. The molecule has 2 aromatic heterocycles. The maximum absolute atomic E-state index is 13.2. The minimum atomic E-state index is -3.76. The topological polar surface area (TPSA) is 61.2 Å². The molecule has 0 N–H and O–H groups in total. The third-order valence-corrected chi connectivity index (χ3v) is 6.29. The Kier molecular flexibility index (Phi) is 3.93. The van der Waals surface area contributed by atoms with Crippen LogP contribution in [0.5, 0.6) is 5.88 Å². The highest BCUT2D eigenvalue weighted by atomic mass is 79.9. The van der Waals surface area contributed by atoms with Crippen molar-refractivity contribution < 1.29 is 13.2 Å². The van der Waals surface area contributed by atoms with Crippen molar-refractivity contribution in [2.75, 3.05) is 7.11 Å². The molecule has 0 saturated heterocycles. The molecule has 0 fully saturated rings.